The second-order valence-corrected chi connectivity index (χ2v) is 7.83. The smallest absolute Gasteiger partial charge is 0.301 e. The maximum atomic E-state index is 11.2. The summed E-state index contributed by atoms with van der Waals surface area (Å²) >= 11 is 0. The van der Waals surface area contributed by atoms with Gasteiger partial charge in [-0.3, -0.25) is 25.7 Å². The number of anilines is 1. The van der Waals surface area contributed by atoms with Crippen LogP contribution in [0.15, 0.2) is 41.5 Å². The van der Waals surface area contributed by atoms with Crippen molar-refractivity contribution >= 4 is 23.3 Å². The van der Waals surface area contributed by atoms with Crippen molar-refractivity contribution in [2.24, 2.45) is 10.5 Å². The van der Waals surface area contributed by atoms with Gasteiger partial charge in [0.2, 0.25) is 0 Å². The number of hydrazone groups is 1. The summed E-state index contributed by atoms with van der Waals surface area (Å²) in [6.45, 7) is 9.92. The van der Waals surface area contributed by atoms with Gasteiger partial charge < -0.3 is 4.74 Å². The van der Waals surface area contributed by atoms with Crippen LogP contribution in [0.5, 0.6) is 5.75 Å². The van der Waals surface area contributed by atoms with Crippen LogP contribution in [0.3, 0.4) is 0 Å². The van der Waals surface area contributed by atoms with Crippen LogP contribution in [0.4, 0.5) is 17.1 Å². The molecule has 0 aliphatic rings. The third-order valence-electron chi connectivity index (χ3n) is 4.10. The van der Waals surface area contributed by atoms with Gasteiger partial charge in [-0.1, -0.05) is 26.8 Å². The Labute approximate surface area is 168 Å². The minimum Gasteiger partial charge on any atom is -0.484 e. The summed E-state index contributed by atoms with van der Waals surface area (Å²) in [5.74, 6) is 0.704. The molecule has 0 radical (unpaired) electrons. The molecule has 0 saturated heterocycles. The minimum atomic E-state index is -0.696. The molecule has 0 amide bonds. The van der Waals surface area contributed by atoms with Gasteiger partial charge in [0, 0.05) is 11.5 Å². The van der Waals surface area contributed by atoms with Gasteiger partial charge in [0.05, 0.1) is 22.1 Å². The fourth-order valence-corrected chi connectivity index (χ4v) is 2.63. The number of nitro groups is 2. The highest BCUT2D eigenvalue weighted by Gasteiger charge is 2.26. The topological polar surface area (TPSA) is 120 Å². The normalized spacial score (nSPS) is 12.6. The lowest BCUT2D eigenvalue weighted by atomic mass is 9.89. The van der Waals surface area contributed by atoms with Crippen LogP contribution in [0, 0.1) is 39.5 Å². The summed E-state index contributed by atoms with van der Waals surface area (Å²) in [5.41, 5.74) is 3.70. The lowest BCUT2D eigenvalue weighted by molar-refractivity contribution is -0.393. The molecule has 154 valence electrons. The quantitative estimate of drug-likeness (QED) is 0.396. The van der Waals surface area contributed by atoms with Gasteiger partial charge in [-0.05, 0) is 43.2 Å². The highest BCUT2D eigenvalue weighted by molar-refractivity contribution is 5.70. The minimum absolute atomic E-state index is 0.0518. The molecule has 0 fully saturated rings. The molecule has 1 unspecified atom stereocenters. The predicted octanol–water partition coefficient (Wildman–Crippen LogP) is 5.01. The van der Waals surface area contributed by atoms with E-state index in [4.69, 9.17) is 4.74 Å². The number of benzene rings is 2. The molecule has 9 heteroatoms. The number of nitro benzene ring substituents is 2. The SMILES string of the molecule is Cc1cc(C)cc(OC(/C=N/Nc2ccc([N+](=O)[O-])cc2[N+](=O)[O-])C(C)(C)C)c1. The molecule has 29 heavy (non-hydrogen) atoms. The van der Waals surface area contributed by atoms with Crippen LogP contribution in [-0.4, -0.2) is 22.2 Å². The summed E-state index contributed by atoms with van der Waals surface area (Å²) in [4.78, 5) is 20.7. The maximum Gasteiger partial charge on any atom is 0.301 e. The monoisotopic (exact) mass is 400 g/mol. The van der Waals surface area contributed by atoms with Crippen molar-refractivity contribution in [2.75, 3.05) is 5.43 Å². The van der Waals surface area contributed by atoms with E-state index in [1.807, 2.05) is 52.8 Å². The van der Waals surface area contributed by atoms with Gasteiger partial charge in [-0.25, -0.2) is 0 Å². The number of nitrogens with zero attached hydrogens (tertiary/aromatic N) is 3. The molecular weight excluding hydrogens is 376 g/mol. The van der Waals surface area contributed by atoms with Gasteiger partial charge in [0.15, 0.2) is 0 Å². The van der Waals surface area contributed by atoms with Crippen LogP contribution in [-0.2, 0) is 0 Å². The number of non-ortho nitro benzene ring substituents is 1. The Hall–Kier alpha value is -3.49. The number of aryl methyl sites for hydroxylation is 2. The standard InChI is InChI=1S/C20H24N4O5/c1-13-8-14(2)10-16(9-13)29-19(20(3,4)5)12-21-22-17-7-6-15(23(25)26)11-18(17)24(27)28/h6-12,19,22H,1-5H3/b21-12+. The molecule has 0 saturated carbocycles. The zero-order valence-electron chi connectivity index (χ0n) is 17.0. The summed E-state index contributed by atoms with van der Waals surface area (Å²) < 4.78 is 6.09. The fourth-order valence-electron chi connectivity index (χ4n) is 2.63. The van der Waals surface area contributed by atoms with Crippen LogP contribution < -0.4 is 10.2 Å². The van der Waals surface area contributed by atoms with Gasteiger partial charge in [0.1, 0.15) is 17.5 Å². The van der Waals surface area contributed by atoms with Gasteiger partial charge in [-0.15, -0.1) is 0 Å². The van der Waals surface area contributed by atoms with Crippen molar-refractivity contribution in [1.82, 2.24) is 0 Å². The molecule has 2 aromatic rings. The lowest BCUT2D eigenvalue weighted by Gasteiger charge is -2.28. The summed E-state index contributed by atoms with van der Waals surface area (Å²) in [6, 6.07) is 9.22. The second kappa shape index (κ2) is 8.68. The van der Waals surface area contributed by atoms with E-state index in [9.17, 15) is 20.2 Å². The van der Waals surface area contributed by atoms with E-state index in [0.717, 1.165) is 17.2 Å². The molecule has 0 aliphatic heterocycles. The Morgan fingerprint density at radius 1 is 1.03 bits per heavy atom. The molecule has 9 nitrogen and oxygen atoms in total. The van der Waals surface area contributed by atoms with E-state index >= 15 is 0 Å². The molecule has 0 heterocycles. The van der Waals surface area contributed by atoms with E-state index < -0.39 is 21.6 Å². The number of rotatable bonds is 7. The maximum absolute atomic E-state index is 11.2. The second-order valence-electron chi connectivity index (χ2n) is 7.83. The van der Waals surface area contributed by atoms with Crippen molar-refractivity contribution in [3.05, 3.63) is 67.8 Å². The summed E-state index contributed by atoms with van der Waals surface area (Å²) in [7, 11) is 0. The summed E-state index contributed by atoms with van der Waals surface area (Å²) in [5, 5.41) is 26.2. The molecule has 0 aromatic heterocycles. The van der Waals surface area contributed by atoms with E-state index in [-0.39, 0.29) is 16.8 Å². The third-order valence-corrected chi connectivity index (χ3v) is 4.10. The highest BCUT2D eigenvalue weighted by atomic mass is 16.6. The van der Waals surface area contributed by atoms with Crippen LogP contribution in [0.2, 0.25) is 0 Å². The van der Waals surface area contributed by atoms with E-state index in [1.165, 1.54) is 18.3 Å². The van der Waals surface area contributed by atoms with Crippen molar-refractivity contribution in [2.45, 2.75) is 40.7 Å². The number of hydrogen-bond donors (Lipinski definition) is 1. The van der Waals surface area contributed by atoms with Crippen molar-refractivity contribution < 1.29 is 14.6 Å². The van der Waals surface area contributed by atoms with E-state index in [1.54, 1.807) is 0 Å². The molecule has 0 spiro atoms. The molecular formula is C20H24N4O5. The zero-order valence-corrected chi connectivity index (χ0v) is 17.0. The number of ether oxygens (including phenoxy) is 1. The Morgan fingerprint density at radius 3 is 2.17 bits per heavy atom. The van der Waals surface area contributed by atoms with Crippen molar-refractivity contribution in [1.29, 1.82) is 0 Å². The Bertz CT molecular complexity index is 930. The van der Waals surface area contributed by atoms with Crippen LogP contribution >= 0.6 is 0 Å². The predicted molar refractivity (Wildman–Crippen MR) is 112 cm³/mol. The first-order valence-electron chi connectivity index (χ1n) is 8.94. The van der Waals surface area contributed by atoms with E-state index in [2.05, 4.69) is 10.5 Å². The molecule has 1 atom stereocenters. The van der Waals surface area contributed by atoms with Crippen LogP contribution in [0.1, 0.15) is 31.9 Å². The summed E-state index contributed by atoms with van der Waals surface area (Å²) in [6.07, 6.45) is 1.11. The first-order chi connectivity index (χ1) is 13.5. The van der Waals surface area contributed by atoms with Crippen molar-refractivity contribution in [3.63, 3.8) is 0 Å². The Balaban J connectivity index is 2.24. The van der Waals surface area contributed by atoms with E-state index in [0.29, 0.717) is 5.75 Å². The highest BCUT2D eigenvalue weighted by Crippen LogP contribution is 2.29. The Morgan fingerprint density at radius 2 is 1.66 bits per heavy atom. The largest absolute Gasteiger partial charge is 0.484 e. The van der Waals surface area contributed by atoms with Gasteiger partial charge >= 0.3 is 5.69 Å². The lowest BCUT2D eigenvalue weighted by Crippen LogP contribution is -2.34. The first kappa shape index (κ1) is 21.8. The fraction of sp³-hybridized carbons (Fsp3) is 0.350. The molecule has 0 aliphatic carbocycles. The average Bonchev–Trinajstić information content (AvgIpc) is 2.59. The van der Waals surface area contributed by atoms with Gasteiger partial charge in [-0.2, -0.15) is 5.10 Å². The molecule has 2 rings (SSSR count). The van der Waals surface area contributed by atoms with Crippen molar-refractivity contribution in [3.8, 4) is 5.75 Å². The molecule has 2 aromatic carbocycles. The zero-order chi connectivity index (χ0) is 21.8. The first-order valence-corrected chi connectivity index (χ1v) is 8.94. The number of hydrogen-bond acceptors (Lipinski definition) is 7. The Kier molecular flexibility index (Phi) is 6.53. The number of nitrogens with one attached hydrogen (secondary N) is 1. The average molecular weight is 400 g/mol. The molecule has 1 N–H and O–H groups in total. The molecule has 0 bridgehead atoms. The van der Waals surface area contributed by atoms with Crippen LogP contribution in [0.25, 0.3) is 0 Å². The van der Waals surface area contributed by atoms with Gasteiger partial charge in [0.25, 0.3) is 5.69 Å². The third kappa shape index (κ3) is 6.00.